The molecule has 0 saturated carbocycles. The number of carbonyl (C=O) groups excluding carboxylic acids is 1. The smallest absolute Gasteiger partial charge is 0.325 e. The van der Waals surface area contributed by atoms with Crippen molar-refractivity contribution < 1.29 is 24.9 Å². The van der Waals surface area contributed by atoms with Crippen molar-refractivity contribution in [2.24, 2.45) is 5.92 Å². The number of nitrogens with zero attached hydrogens (tertiary/aromatic N) is 2. The van der Waals surface area contributed by atoms with E-state index in [1.807, 2.05) is 0 Å². The third-order valence-electron chi connectivity index (χ3n) is 3.50. The van der Waals surface area contributed by atoms with Crippen molar-refractivity contribution in [2.75, 3.05) is 31.1 Å². The molecule has 2 rings (SSSR count). The number of carboxylic acids is 1. The van der Waals surface area contributed by atoms with Crippen LogP contribution in [0.3, 0.4) is 0 Å². The predicted molar refractivity (Wildman–Crippen MR) is 75.3 cm³/mol. The number of urea groups is 1. The quantitative estimate of drug-likeness (QED) is 0.759. The summed E-state index contributed by atoms with van der Waals surface area (Å²) in [5.74, 6) is -1.03. The number of aromatic hydroxyl groups is 1. The van der Waals surface area contributed by atoms with Gasteiger partial charge in [0, 0.05) is 31.3 Å². The number of benzene rings is 1. The van der Waals surface area contributed by atoms with Crippen LogP contribution in [-0.2, 0) is 4.79 Å². The number of aliphatic hydroxyl groups is 1. The zero-order valence-corrected chi connectivity index (χ0v) is 11.5. The van der Waals surface area contributed by atoms with E-state index in [1.165, 1.54) is 29.2 Å². The molecule has 1 atom stereocenters. The molecule has 0 bridgehead atoms. The van der Waals surface area contributed by atoms with Gasteiger partial charge < -0.3 is 20.2 Å². The molecule has 114 valence electrons. The van der Waals surface area contributed by atoms with E-state index in [-0.39, 0.29) is 18.3 Å². The number of hydrogen-bond acceptors (Lipinski definition) is 4. The van der Waals surface area contributed by atoms with E-state index in [0.717, 1.165) is 4.90 Å². The highest BCUT2D eigenvalue weighted by Crippen LogP contribution is 2.23. The van der Waals surface area contributed by atoms with E-state index in [0.29, 0.717) is 25.2 Å². The number of aliphatic carboxylic acids is 1. The zero-order valence-electron chi connectivity index (χ0n) is 11.5. The van der Waals surface area contributed by atoms with Crippen molar-refractivity contribution in [1.82, 2.24) is 4.90 Å². The number of likely N-dealkylation sites (tertiary alicyclic amines) is 1. The van der Waals surface area contributed by atoms with Crippen molar-refractivity contribution in [3.8, 4) is 5.75 Å². The molecule has 0 aliphatic carbocycles. The van der Waals surface area contributed by atoms with Gasteiger partial charge in [-0.3, -0.25) is 9.69 Å². The van der Waals surface area contributed by atoms with E-state index in [9.17, 15) is 14.7 Å². The van der Waals surface area contributed by atoms with Gasteiger partial charge in [-0.2, -0.15) is 0 Å². The number of phenolic OH excluding ortho intramolecular Hbond substituents is 1. The Morgan fingerprint density at radius 3 is 2.48 bits per heavy atom. The van der Waals surface area contributed by atoms with Crippen LogP contribution >= 0.6 is 0 Å². The molecule has 1 heterocycles. The van der Waals surface area contributed by atoms with Gasteiger partial charge in [-0.1, -0.05) is 0 Å². The minimum Gasteiger partial charge on any atom is -0.508 e. The van der Waals surface area contributed by atoms with Gasteiger partial charge >= 0.3 is 12.0 Å². The van der Waals surface area contributed by atoms with E-state index in [2.05, 4.69) is 0 Å². The Balaban J connectivity index is 2.17. The number of hydrogen-bond donors (Lipinski definition) is 3. The maximum Gasteiger partial charge on any atom is 0.325 e. The standard InChI is InChI=1S/C14H18N2O5/c17-9-10-5-6-15(7-10)14(21)16(8-13(19)20)11-1-3-12(18)4-2-11/h1-4,10,17-18H,5-9H2,(H,19,20). The molecular formula is C14H18N2O5. The molecule has 1 saturated heterocycles. The molecule has 7 nitrogen and oxygen atoms in total. The van der Waals surface area contributed by atoms with Crippen LogP contribution in [0.15, 0.2) is 24.3 Å². The van der Waals surface area contributed by atoms with Crippen LogP contribution in [0.5, 0.6) is 5.75 Å². The van der Waals surface area contributed by atoms with E-state index >= 15 is 0 Å². The summed E-state index contributed by atoms with van der Waals surface area (Å²) >= 11 is 0. The molecule has 2 amide bonds. The molecule has 1 unspecified atom stereocenters. The van der Waals surface area contributed by atoms with Gasteiger partial charge in [-0.05, 0) is 30.7 Å². The van der Waals surface area contributed by atoms with Crippen LogP contribution in [0.4, 0.5) is 10.5 Å². The number of anilines is 1. The lowest BCUT2D eigenvalue weighted by molar-refractivity contribution is -0.135. The van der Waals surface area contributed by atoms with Crippen molar-refractivity contribution >= 4 is 17.7 Å². The van der Waals surface area contributed by atoms with Crippen molar-refractivity contribution in [3.63, 3.8) is 0 Å². The van der Waals surface area contributed by atoms with Gasteiger partial charge in [-0.15, -0.1) is 0 Å². The molecule has 0 aromatic heterocycles. The molecule has 1 fully saturated rings. The van der Waals surface area contributed by atoms with Gasteiger partial charge in [0.1, 0.15) is 12.3 Å². The summed E-state index contributed by atoms with van der Waals surface area (Å²) in [7, 11) is 0. The lowest BCUT2D eigenvalue weighted by atomic mass is 10.1. The first-order valence-corrected chi connectivity index (χ1v) is 6.69. The number of rotatable bonds is 4. The molecule has 0 radical (unpaired) electrons. The fourth-order valence-electron chi connectivity index (χ4n) is 2.36. The van der Waals surface area contributed by atoms with Crippen molar-refractivity contribution in [1.29, 1.82) is 0 Å². The molecule has 1 aliphatic heterocycles. The SMILES string of the molecule is O=C(O)CN(C(=O)N1CCC(CO)C1)c1ccc(O)cc1. The van der Waals surface area contributed by atoms with Crippen LogP contribution < -0.4 is 4.90 Å². The lowest BCUT2D eigenvalue weighted by Gasteiger charge is -2.27. The van der Waals surface area contributed by atoms with Crippen LogP contribution in [0.2, 0.25) is 0 Å². The van der Waals surface area contributed by atoms with Crippen molar-refractivity contribution in [2.45, 2.75) is 6.42 Å². The minimum absolute atomic E-state index is 0.0158. The second-order valence-corrected chi connectivity index (χ2v) is 5.06. The van der Waals surface area contributed by atoms with Gasteiger partial charge in [0.05, 0.1) is 0 Å². The van der Waals surface area contributed by atoms with E-state index in [4.69, 9.17) is 10.2 Å². The molecule has 3 N–H and O–H groups in total. The van der Waals surface area contributed by atoms with Gasteiger partial charge in [-0.25, -0.2) is 4.79 Å². The van der Waals surface area contributed by atoms with Crippen molar-refractivity contribution in [3.05, 3.63) is 24.3 Å². The number of carboxylic acid groups (broad SMARTS) is 1. The summed E-state index contributed by atoms with van der Waals surface area (Å²) in [6, 6.07) is 5.39. The first-order valence-electron chi connectivity index (χ1n) is 6.69. The summed E-state index contributed by atoms with van der Waals surface area (Å²) in [4.78, 5) is 26.2. The Kier molecular flexibility index (Phi) is 4.64. The average Bonchev–Trinajstić information content (AvgIpc) is 2.94. The lowest BCUT2D eigenvalue weighted by Crippen LogP contribution is -2.44. The number of amides is 2. The second kappa shape index (κ2) is 6.45. The monoisotopic (exact) mass is 294 g/mol. The molecule has 1 aromatic rings. The fraction of sp³-hybridized carbons (Fsp3) is 0.429. The first-order chi connectivity index (χ1) is 10.0. The maximum atomic E-state index is 12.5. The third-order valence-corrected chi connectivity index (χ3v) is 3.50. The zero-order chi connectivity index (χ0) is 15.4. The van der Waals surface area contributed by atoms with Crippen LogP contribution in [0.25, 0.3) is 0 Å². The van der Waals surface area contributed by atoms with Crippen LogP contribution in [0.1, 0.15) is 6.42 Å². The summed E-state index contributed by atoms with van der Waals surface area (Å²) in [5, 5.41) is 27.4. The number of carbonyl (C=O) groups is 2. The Labute approximate surface area is 122 Å². The first kappa shape index (κ1) is 15.1. The normalized spacial score (nSPS) is 17.8. The van der Waals surface area contributed by atoms with Gasteiger partial charge in [0.25, 0.3) is 0 Å². The molecule has 1 aliphatic rings. The van der Waals surface area contributed by atoms with Crippen LogP contribution in [0, 0.1) is 5.92 Å². The van der Waals surface area contributed by atoms with Gasteiger partial charge in [0.2, 0.25) is 0 Å². The fourth-order valence-corrected chi connectivity index (χ4v) is 2.36. The third kappa shape index (κ3) is 3.63. The predicted octanol–water partition coefficient (Wildman–Crippen LogP) is 0.717. The molecule has 21 heavy (non-hydrogen) atoms. The molecule has 7 heteroatoms. The number of phenols is 1. The maximum absolute atomic E-state index is 12.5. The summed E-state index contributed by atoms with van der Waals surface area (Å²) in [6.07, 6.45) is 0.707. The number of aliphatic hydroxyl groups excluding tert-OH is 1. The average molecular weight is 294 g/mol. The minimum atomic E-state index is -1.12. The Hall–Kier alpha value is -2.28. The van der Waals surface area contributed by atoms with E-state index in [1.54, 1.807) is 0 Å². The highest BCUT2D eigenvalue weighted by molar-refractivity contribution is 5.96. The Bertz CT molecular complexity index is 517. The summed E-state index contributed by atoms with van der Waals surface area (Å²) < 4.78 is 0. The summed E-state index contributed by atoms with van der Waals surface area (Å²) in [6.45, 7) is 0.480. The molecule has 1 aromatic carbocycles. The van der Waals surface area contributed by atoms with Crippen LogP contribution in [-0.4, -0.2) is 58.5 Å². The molecule has 0 spiro atoms. The second-order valence-electron chi connectivity index (χ2n) is 5.06. The largest absolute Gasteiger partial charge is 0.508 e. The van der Waals surface area contributed by atoms with Gasteiger partial charge in [0.15, 0.2) is 0 Å². The Morgan fingerprint density at radius 1 is 1.29 bits per heavy atom. The highest BCUT2D eigenvalue weighted by Gasteiger charge is 2.30. The van der Waals surface area contributed by atoms with E-state index < -0.39 is 18.5 Å². The molecular weight excluding hydrogens is 276 g/mol. The highest BCUT2D eigenvalue weighted by atomic mass is 16.4. The topological polar surface area (TPSA) is 101 Å². The Morgan fingerprint density at radius 2 is 1.95 bits per heavy atom. The summed E-state index contributed by atoms with van der Waals surface area (Å²) in [5.41, 5.74) is 0.410.